The highest BCUT2D eigenvalue weighted by Crippen LogP contribution is 2.41. The van der Waals surface area contributed by atoms with Gasteiger partial charge in [0.2, 0.25) is 5.43 Å². The lowest BCUT2D eigenvalue weighted by atomic mass is 9.84. The molecule has 4 rings (SSSR count). The van der Waals surface area contributed by atoms with Crippen LogP contribution in [0.4, 0.5) is 0 Å². The Morgan fingerprint density at radius 1 is 0.950 bits per heavy atom. The number of ether oxygens (including phenoxy) is 1. The molecule has 1 atom stereocenters. The third kappa shape index (κ3) is 5.60. The molecule has 210 valence electrons. The summed E-state index contributed by atoms with van der Waals surface area (Å²) in [5, 5.41) is 53.2. The molecular formula is C31H32O9. The van der Waals surface area contributed by atoms with Crippen molar-refractivity contribution in [3.05, 3.63) is 81.0 Å². The molecule has 0 bridgehead atoms. The Morgan fingerprint density at radius 2 is 1.57 bits per heavy atom. The molecule has 1 unspecified atom stereocenters. The van der Waals surface area contributed by atoms with E-state index >= 15 is 0 Å². The predicted molar refractivity (Wildman–Crippen MR) is 150 cm³/mol. The smallest absolute Gasteiger partial charge is 0.312 e. The number of aliphatic hydroxyl groups is 1. The summed E-state index contributed by atoms with van der Waals surface area (Å²) in [6.45, 7) is 6.43. The van der Waals surface area contributed by atoms with Crippen LogP contribution in [0.2, 0.25) is 0 Å². The molecular weight excluding hydrogens is 516 g/mol. The summed E-state index contributed by atoms with van der Waals surface area (Å²) in [5.41, 5.74) is -1.06. The lowest BCUT2D eigenvalue weighted by molar-refractivity contribution is -0.158. The second kappa shape index (κ2) is 10.9. The number of benzene rings is 3. The summed E-state index contributed by atoms with van der Waals surface area (Å²) in [6.07, 6.45) is 1.52. The van der Waals surface area contributed by atoms with Gasteiger partial charge >= 0.3 is 5.97 Å². The molecule has 0 amide bonds. The van der Waals surface area contributed by atoms with Gasteiger partial charge in [-0.15, -0.1) is 0 Å². The van der Waals surface area contributed by atoms with Crippen LogP contribution in [0.5, 0.6) is 23.0 Å². The number of rotatable bonds is 8. The SMILES string of the molecule is CC(C)=CCc1c(O)cc2oc3cc(O)c(O)c(CC(C(=O)OCc4ccccc4)C(C)(C)O)c3c(=O)c2c1O. The van der Waals surface area contributed by atoms with E-state index in [1.165, 1.54) is 19.9 Å². The van der Waals surface area contributed by atoms with Crippen LogP contribution in [-0.4, -0.2) is 37.1 Å². The van der Waals surface area contributed by atoms with Gasteiger partial charge in [0.1, 0.15) is 34.7 Å². The van der Waals surface area contributed by atoms with Crippen molar-refractivity contribution in [2.24, 2.45) is 5.92 Å². The van der Waals surface area contributed by atoms with Crippen molar-refractivity contribution in [3.8, 4) is 23.0 Å². The van der Waals surface area contributed by atoms with Gasteiger partial charge < -0.3 is 34.7 Å². The average molecular weight is 549 g/mol. The van der Waals surface area contributed by atoms with Crippen LogP contribution in [0, 0.1) is 5.92 Å². The van der Waals surface area contributed by atoms with Gasteiger partial charge in [0.05, 0.1) is 16.9 Å². The molecule has 40 heavy (non-hydrogen) atoms. The fourth-order valence-corrected chi connectivity index (χ4v) is 4.59. The van der Waals surface area contributed by atoms with Crippen LogP contribution in [0.15, 0.2) is 63.3 Å². The summed E-state index contributed by atoms with van der Waals surface area (Å²) in [5.74, 6) is -4.10. The molecule has 9 heteroatoms. The highest BCUT2D eigenvalue weighted by molar-refractivity contribution is 5.98. The first-order valence-electron chi connectivity index (χ1n) is 12.7. The first-order chi connectivity index (χ1) is 18.8. The number of hydrogen-bond donors (Lipinski definition) is 5. The van der Waals surface area contributed by atoms with E-state index in [2.05, 4.69) is 0 Å². The Balaban J connectivity index is 1.87. The van der Waals surface area contributed by atoms with Crippen LogP contribution in [-0.2, 0) is 29.0 Å². The standard InChI is InChI=1S/C31H32O9/c1-16(2)10-11-18-21(32)13-24-26(28(18)35)29(36)25-19(27(34)22(33)14-23(25)40-24)12-20(31(3,4)38)30(37)39-15-17-8-6-5-7-9-17/h5-10,13-14,20,32-35,38H,11-12,15H2,1-4H3. The van der Waals surface area contributed by atoms with Gasteiger partial charge in [-0.3, -0.25) is 9.59 Å². The van der Waals surface area contributed by atoms with Crippen LogP contribution in [0.1, 0.15) is 44.4 Å². The van der Waals surface area contributed by atoms with Crippen molar-refractivity contribution in [2.75, 3.05) is 0 Å². The molecule has 0 radical (unpaired) electrons. The highest BCUT2D eigenvalue weighted by atomic mass is 16.5. The van der Waals surface area contributed by atoms with Crippen molar-refractivity contribution < 1.29 is 39.5 Å². The minimum Gasteiger partial charge on any atom is -0.507 e. The zero-order chi connectivity index (χ0) is 29.4. The lowest BCUT2D eigenvalue weighted by Crippen LogP contribution is -2.39. The number of fused-ring (bicyclic) bond motifs is 2. The molecule has 3 aromatic carbocycles. The van der Waals surface area contributed by atoms with E-state index in [-0.39, 0.29) is 51.8 Å². The van der Waals surface area contributed by atoms with Gasteiger partial charge in [0, 0.05) is 23.3 Å². The molecule has 0 aliphatic carbocycles. The largest absolute Gasteiger partial charge is 0.507 e. The van der Waals surface area contributed by atoms with Gasteiger partial charge in [-0.2, -0.15) is 0 Å². The number of carbonyl (C=O) groups excluding carboxylic acids is 1. The molecule has 1 heterocycles. The molecule has 4 aromatic rings. The second-order valence-electron chi connectivity index (χ2n) is 10.6. The van der Waals surface area contributed by atoms with Gasteiger partial charge in [-0.25, -0.2) is 0 Å². The molecule has 0 spiro atoms. The summed E-state index contributed by atoms with van der Waals surface area (Å²) >= 11 is 0. The normalized spacial score (nSPS) is 12.4. The summed E-state index contributed by atoms with van der Waals surface area (Å²) in [6, 6.07) is 11.2. The summed E-state index contributed by atoms with van der Waals surface area (Å²) in [7, 11) is 0. The molecule has 1 aromatic heterocycles. The van der Waals surface area contributed by atoms with Gasteiger partial charge in [-0.1, -0.05) is 42.0 Å². The summed E-state index contributed by atoms with van der Waals surface area (Å²) < 4.78 is 11.2. The number of phenols is 4. The maximum Gasteiger partial charge on any atom is 0.312 e. The monoisotopic (exact) mass is 548 g/mol. The quantitative estimate of drug-likeness (QED) is 0.0889. The van der Waals surface area contributed by atoms with Crippen LogP contribution >= 0.6 is 0 Å². The first kappa shape index (κ1) is 28.5. The number of hydrogen-bond acceptors (Lipinski definition) is 9. The average Bonchev–Trinajstić information content (AvgIpc) is 2.87. The van der Waals surface area contributed by atoms with Crippen molar-refractivity contribution in [1.82, 2.24) is 0 Å². The Kier molecular flexibility index (Phi) is 7.79. The first-order valence-corrected chi connectivity index (χ1v) is 12.7. The maximum atomic E-state index is 13.8. The van der Waals surface area contributed by atoms with Gasteiger partial charge in [0.15, 0.2) is 11.5 Å². The van der Waals surface area contributed by atoms with Crippen LogP contribution in [0.25, 0.3) is 21.9 Å². The number of allylic oxidation sites excluding steroid dienone is 2. The Labute approximate surface area is 230 Å². The maximum absolute atomic E-state index is 13.8. The van der Waals surface area contributed by atoms with E-state index in [9.17, 15) is 35.1 Å². The fraction of sp³-hybridized carbons (Fsp3) is 0.290. The minimum atomic E-state index is -1.65. The zero-order valence-electron chi connectivity index (χ0n) is 22.7. The number of carbonyl (C=O) groups is 1. The molecule has 9 nitrogen and oxygen atoms in total. The molecule has 0 aliphatic rings. The zero-order valence-corrected chi connectivity index (χ0v) is 22.7. The van der Waals surface area contributed by atoms with Crippen molar-refractivity contribution >= 4 is 27.9 Å². The summed E-state index contributed by atoms with van der Waals surface area (Å²) in [4.78, 5) is 27.0. The molecule has 0 fully saturated rings. The number of phenolic OH excluding ortho intramolecular Hbond substituents is 4. The molecule has 5 N–H and O–H groups in total. The lowest BCUT2D eigenvalue weighted by Gasteiger charge is -2.28. The van der Waals surface area contributed by atoms with E-state index in [1.807, 2.05) is 19.9 Å². The van der Waals surface area contributed by atoms with E-state index < -0.39 is 46.6 Å². The Bertz CT molecular complexity index is 1670. The van der Waals surface area contributed by atoms with Crippen LogP contribution < -0.4 is 5.43 Å². The van der Waals surface area contributed by atoms with E-state index in [4.69, 9.17) is 9.15 Å². The number of aromatic hydroxyl groups is 4. The molecule has 0 saturated carbocycles. The van der Waals surface area contributed by atoms with Gasteiger partial charge in [-0.05, 0) is 46.1 Å². The second-order valence-corrected chi connectivity index (χ2v) is 10.6. The van der Waals surface area contributed by atoms with Crippen molar-refractivity contribution in [1.29, 1.82) is 0 Å². The van der Waals surface area contributed by atoms with Gasteiger partial charge in [0.25, 0.3) is 0 Å². The van der Waals surface area contributed by atoms with Crippen molar-refractivity contribution in [2.45, 2.75) is 52.7 Å². The third-order valence-corrected chi connectivity index (χ3v) is 6.85. The minimum absolute atomic E-state index is 0.0579. The Morgan fingerprint density at radius 3 is 2.20 bits per heavy atom. The fourth-order valence-electron chi connectivity index (χ4n) is 4.59. The topological polar surface area (TPSA) is 158 Å². The number of esters is 1. The molecule has 0 aliphatic heterocycles. The van der Waals surface area contributed by atoms with E-state index in [0.29, 0.717) is 0 Å². The highest BCUT2D eigenvalue weighted by Gasteiger charge is 2.37. The van der Waals surface area contributed by atoms with Crippen LogP contribution in [0.3, 0.4) is 0 Å². The predicted octanol–water partition coefficient (Wildman–Crippen LogP) is 4.95. The van der Waals surface area contributed by atoms with Crippen molar-refractivity contribution in [3.63, 3.8) is 0 Å². The van der Waals surface area contributed by atoms with E-state index in [0.717, 1.165) is 17.2 Å². The third-order valence-electron chi connectivity index (χ3n) is 6.85. The molecule has 0 saturated heterocycles. The Hall–Kier alpha value is -4.50. The van der Waals surface area contributed by atoms with E-state index in [1.54, 1.807) is 30.3 Å².